The highest BCUT2D eigenvalue weighted by Crippen LogP contribution is 2.33. The van der Waals surface area contributed by atoms with Crippen LogP contribution in [0.1, 0.15) is 28.4 Å². The highest BCUT2D eigenvalue weighted by atomic mass is 16.5. The van der Waals surface area contributed by atoms with Crippen LogP contribution in [0.2, 0.25) is 0 Å². The highest BCUT2D eigenvalue weighted by molar-refractivity contribution is 5.99. The first kappa shape index (κ1) is 21.3. The van der Waals surface area contributed by atoms with Crippen LogP contribution in [0.3, 0.4) is 0 Å². The van der Waals surface area contributed by atoms with E-state index in [1.165, 1.54) is 11.1 Å². The summed E-state index contributed by atoms with van der Waals surface area (Å²) < 4.78 is 5.79. The summed E-state index contributed by atoms with van der Waals surface area (Å²) in [7, 11) is 0. The Labute approximate surface area is 202 Å². The van der Waals surface area contributed by atoms with Gasteiger partial charge in [0.25, 0.3) is 5.91 Å². The molecule has 0 atom stereocenters. The molecule has 2 aromatic carbocycles. The first-order valence-electron chi connectivity index (χ1n) is 11.8. The van der Waals surface area contributed by atoms with Crippen LogP contribution in [0.15, 0.2) is 48.7 Å². The van der Waals surface area contributed by atoms with E-state index in [1.807, 2.05) is 23.2 Å². The van der Waals surface area contributed by atoms with Crippen molar-refractivity contribution in [2.75, 3.05) is 26.2 Å². The van der Waals surface area contributed by atoms with Gasteiger partial charge in [0, 0.05) is 42.7 Å². The summed E-state index contributed by atoms with van der Waals surface area (Å²) in [6.45, 7) is 4.05. The van der Waals surface area contributed by atoms with Gasteiger partial charge in [0.15, 0.2) is 5.65 Å². The molecule has 0 radical (unpaired) electrons. The molecule has 35 heavy (non-hydrogen) atoms. The van der Waals surface area contributed by atoms with Gasteiger partial charge in [-0.3, -0.25) is 14.7 Å². The van der Waals surface area contributed by atoms with Gasteiger partial charge in [0.1, 0.15) is 18.1 Å². The van der Waals surface area contributed by atoms with E-state index in [0.717, 1.165) is 53.7 Å². The van der Waals surface area contributed by atoms with Crippen molar-refractivity contribution in [2.45, 2.75) is 19.8 Å². The first-order chi connectivity index (χ1) is 17.1. The lowest BCUT2D eigenvalue weighted by Gasteiger charge is -2.17. The Morgan fingerprint density at radius 3 is 2.69 bits per heavy atom. The van der Waals surface area contributed by atoms with Crippen LogP contribution in [0.5, 0.6) is 5.75 Å². The van der Waals surface area contributed by atoms with Crippen LogP contribution < -0.4 is 10.1 Å². The molecule has 8 nitrogen and oxygen atoms in total. The molecule has 0 fully saturated rings. The average Bonchev–Trinajstić information content (AvgIpc) is 3.04. The summed E-state index contributed by atoms with van der Waals surface area (Å²) in [4.78, 5) is 30.6. The van der Waals surface area contributed by atoms with Gasteiger partial charge in [-0.15, -0.1) is 0 Å². The summed E-state index contributed by atoms with van der Waals surface area (Å²) in [6, 6.07) is 14.1. The van der Waals surface area contributed by atoms with Gasteiger partial charge in [0.05, 0.1) is 12.1 Å². The van der Waals surface area contributed by atoms with E-state index in [1.54, 1.807) is 13.0 Å². The zero-order chi connectivity index (χ0) is 23.9. The molecule has 2 aromatic heterocycles. The van der Waals surface area contributed by atoms with Gasteiger partial charge in [0.2, 0.25) is 5.91 Å². The number of aromatic nitrogens is 3. The van der Waals surface area contributed by atoms with Gasteiger partial charge in [-0.25, -0.2) is 4.98 Å². The highest BCUT2D eigenvalue weighted by Gasteiger charge is 2.20. The van der Waals surface area contributed by atoms with Gasteiger partial charge in [-0.2, -0.15) is 5.10 Å². The van der Waals surface area contributed by atoms with E-state index < -0.39 is 0 Å². The molecule has 2 aliphatic heterocycles. The minimum absolute atomic E-state index is 0.129. The van der Waals surface area contributed by atoms with E-state index in [0.29, 0.717) is 30.1 Å². The number of hydrogen-bond acceptors (Lipinski definition) is 5. The number of carbonyl (C=O) groups excluding carboxylic acids is 2. The predicted octanol–water partition coefficient (Wildman–Crippen LogP) is 3.36. The lowest BCUT2D eigenvalue weighted by molar-refractivity contribution is -0.128. The third-order valence-electron chi connectivity index (χ3n) is 6.85. The SMILES string of the molecule is CC(=O)N1CCc2ccc(-c3cnc4[nH]nc(-c5ccc6c(c5)OCCNC6=O)c4c3)cc2CC1. The van der Waals surface area contributed by atoms with Gasteiger partial charge < -0.3 is 15.0 Å². The van der Waals surface area contributed by atoms with Crippen LogP contribution in [0.4, 0.5) is 0 Å². The molecule has 0 unspecified atom stereocenters. The number of nitrogens with zero attached hydrogens (tertiary/aromatic N) is 3. The Bertz CT molecular complexity index is 1480. The van der Waals surface area contributed by atoms with Crippen molar-refractivity contribution in [2.24, 2.45) is 0 Å². The lowest BCUT2D eigenvalue weighted by Crippen LogP contribution is -2.30. The fraction of sp³-hybridized carbons (Fsp3) is 0.259. The van der Waals surface area contributed by atoms with E-state index in [2.05, 4.69) is 44.8 Å². The molecule has 0 saturated heterocycles. The molecule has 0 saturated carbocycles. The zero-order valence-electron chi connectivity index (χ0n) is 19.4. The minimum atomic E-state index is -0.130. The second-order valence-corrected chi connectivity index (χ2v) is 9.00. The van der Waals surface area contributed by atoms with E-state index in [-0.39, 0.29) is 11.8 Å². The number of pyridine rings is 1. The minimum Gasteiger partial charge on any atom is -0.491 e. The van der Waals surface area contributed by atoms with Crippen LogP contribution in [0.25, 0.3) is 33.4 Å². The fourth-order valence-electron chi connectivity index (χ4n) is 4.90. The standard InChI is InChI=1S/C27H25N5O3/c1-16(33)32-9-6-17-2-3-18(12-19(17)7-10-32)21-13-23-25(30-31-26(23)29-15-21)20-4-5-22-24(14-20)35-11-8-28-27(22)34/h2-5,12-15H,6-11H2,1H3,(H,28,34)(H,29,30,31). The number of hydrogen-bond donors (Lipinski definition) is 2. The smallest absolute Gasteiger partial charge is 0.255 e. The van der Waals surface area contributed by atoms with E-state index in [4.69, 9.17) is 4.74 Å². The Kier molecular flexibility index (Phi) is 5.21. The number of amides is 2. The zero-order valence-corrected chi connectivity index (χ0v) is 19.4. The number of carbonyl (C=O) groups is 2. The van der Waals surface area contributed by atoms with E-state index >= 15 is 0 Å². The van der Waals surface area contributed by atoms with Crippen molar-refractivity contribution >= 4 is 22.8 Å². The molecule has 0 spiro atoms. The average molecular weight is 468 g/mol. The van der Waals surface area contributed by atoms with Crippen molar-refractivity contribution in [3.63, 3.8) is 0 Å². The molecule has 2 amide bonds. The molecule has 0 bridgehead atoms. The number of benzene rings is 2. The number of aromatic amines is 1. The van der Waals surface area contributed by atoms with Gasteiger partial charge in [-0.05, 0) is 47.7 Å². The van der Waals surface area contributed by atoms with Crippen molar-refractivity contribution in [1.82, 2.24) is 25.4 Å². The number of H-pyrrole nitrogens is 1. The monoisotopic (exact) mass is 467 g/mol. The number of nitrogens with one attached hydrogen (secondary N) is 2. The maximum atomic E-state index is 12.2. The largest absolute Gasteiger partial charge is 0.491 e. The lowest BCUT2D eigenvalue weighted by atomic mass is 9.96. The van der Waals surface area contributed by atoms with Crippen molar-refractivity contribution in [1.29, 1.82) is 0 Å². The molecule has 2 aliphatic rings. The molecule has 8 heteroatoms. The molecule has 4 aromatic rings. The van der Waals surface area contributed by atoms with Crippen molar-refractivity contribution in [3.05, 3.63) is 65.4 Å². The number of ether oxygens (including phenoxy) is 1. The number of rotatable bonds is 2. The Balaban J connectivity index is 1.36. The maximum absolute atomic E-state index is 12.2. The second-order valence-electron chi connectivity index (χ2n) is 9.00. The summed E-state index contributed by atoms with van der Waals surface area (Å²) >= 11 is 0. The first-order valence-corrected chi connectivity index (χ1v) is 11.8. The topological polar surface area (TPSA) is 100 Å². The quantitative estimate of drug-likeness (QED) is 0.471. The van der Waals surface area contributed by atoms with E-state index in [9.17, 15) is 9.59 Å². The maximum Gasteiger partial charge on any atom is 0.255 e. The molecular weight excluding hydrogens is 442 g/mol. The normalized spacial score (nSPS) is 15.5. The molecule has 0 aliphatic carbocycles. The van der Waals surface area contributed by atoms with Gasteiger partial charge >= 0.3 is 0 Å². The van der Waals surface area contributed by atoms with Crippen LogP contribution in [-0.2, 0) is 17.6 Å². The van der Waals surface area contributed by atoms with Crippen molar-refractivity contribution in [3.8, 4) is 28.1 Å². The molecular formula is C27H25N5O3. The summed E-state index contributed by atoms with van der Waals surface area (Å²) in [5.74, 6) is 0.557. The summed E-state index contributed by atoms with van der Waals surface area (Å²) in [5, 5.41) is 11.3. The third-order valence-corrected chi connectivity index (χ3v) is 6.85. The predicted molar refractivity (Wildman–Crippen MR) is 132 cm³/mol. The Hall–Kier alpha value is -4.20. The molecule has 6 rings (SSSR count). The second kappa shape index (κ2) is 8.54. The van der Waals surface area contributed by atoms with Crippen LogP contribution in [-0.4, -0.2) is 58.1 Å². The van der Waals surface area contributed by atoms with Crippen LogP contribution >= 0.6 is 0 Å². The molecule has 4 heterocycles. The summed E-state index contributed by atoms with van der Waals surface area (Å²) in [5.41, 5.74) is 7.50. The summed E-state index contributed by atoms with van der Waals surface area (Å²) in [6.07, 6.45) is 3.57. The molecule has 2 N–H and O–H groups in total. The number of fused-ring (bicyclic) bond motifs is 3. The Morgan fingerprint density at radius 1 is 1.00 bits per heavy atom. The van der Waals surface area contributed by atoms with Crippen LogP contribution in [0, 0.1) is 0 Å². The Morgan fingerprint density at radius 2 is 1.83 bits per heavy atom. The molecule has 176 valence electrons. The fourth-order valence-corrected chi connectivity index (χ4v) is 4.90. The van der Waals surface area contributed by atoms with Gasteiger partial charge in [-0.1, -0.05) is 24.3 Å². The third kappa shape index (κ3) is 3.90. The van der Waals surface area contributed by atoms with Crippen molar-refractivity contribution < 1.29 is 14.3 Å².